The fourth-order valence-corrected chi connectivity index (χ4v) is 2.44. The number of rotatable bonds is 5. The smallest absolute Gasteiger partial charge is 0.275 e. The fraction of sp³-hybridized carbons (Fsp3) is 0.125. The molecule has 0 unspecified atom stereocenters. The second-order valence-electron chi connectivity index (χ2n) is 5.07. The van der Waals surface area contributed by atoms with Gasteiger partial charge >= 0.3 is 0 Å². The standard InChI is InChI=1S/C16H12ClN3O6/c1-24-13-3-2-10(20(22)23)5-11(13)16(21)19-18-7-9-4-14-15(6-12(9)17)26-8-25-14/h2-7H,8H2,1H3,(H,19,21)/b18-7-. The highest BCUT2D eigenvalue weighted by Gasteiger charge is 2.18. The summed E-state index contributed by atoms with van der Waals surface area (Å²) in [7, 11) is 1.35. The van der Waals surface area contributed by atoms with Gasteiger partial charge < -0.3 is 14.2 Å². The van der Waals surface area contributed by atoms with Gasteiger partial charge in [-0.25, -0.2) is 5.43 Å². The minimum Gasteiger partial charge on any atom is -0.496 e. The van der Waals surface area contributed by atoms with E-state index >= 15 is 0 Å². The molecule has 1 N–H and O–H groups in total. The number of carbonyl (C=O) groups is 1. The van der Waals surface area contributed by atoms with Crippen LogP contribution in [0.1, 0.15) is 15.9 Å². The number of fused-ring (bicyclic) bond motifs is 1. The van der Waals surface area contributed by atoms with Gasteiger partial charge in [-0.15, -0.1) is 0 Å². The molecule has 134 valence electrons. The van der Waals surface area contributed by atoms with E-state index in [-0.39, 0.29) is 23.8 Å². The van der Waals surface area contributed by atoms with Crippen molar-refractivity contribution in [3.63, 3.8) is 0 Å². The predicted molar refractivity (Wildman–Crippen MR) is 92.3 cm³/mol. The number of ether oxygens (including phenoxy) is 3. The van der Waals surface area contributed by atoms with Gasteiger partial charge in [0.1, 0.15) is 5.75 Å². The largest absolute Gasteiger partial charge is 0.496 e. The van der Waals surface area contributed by atoms with E-state index in [1.54, 1.807) is 12.1 Å². The first-order valence-corrected chi connectivity index (χ1v) is 7.62. The quantitative estimate of drug-likeness (QED) is 0.487. The lowest BCUT2D eigenvalue weighted by atomic mass is 10.1. The maximum absolute atomic E-state index is 12.3. The Hall–Kier alpha value is -3.33. The highest BCUT2D eigenvalue weighted by molar-refractivity contribution is 6.33. The van der Waals surface area contributed by atoms with Crippen LogP contribution in [0.3, 0.4) is 0 Å². The molecular formula is C16H12ClN3O6. The van der Waals surface area contributed by atoms with Crippen molar-refractivity contribution in [1.29, 1.82) is 0 Å². The maximum atomic E-state index is 12.3. The SMILES string of the molecule is COc1ccc([N+](=O)[O-])cc1C(=O)N/N=C\c1cc2c(cc1Cl)OCO2. The molecule has 1 aliphatic heterocycles. The highest BCUT2D eigenvalue weighted by Crippen LogP contribution is 2.36. The number of methoxy groups -OCH3 is 1. The summed E-state index contributed by atoms with van der Waals surface area (Å²) in [5.74, 6) is 0.558. The molecule has 1 heterocycles. The number of hydrogen-bond donors (Lipinski definition) is 1. The number of non-ortho nitro benzene ring substituents is 1. The minimum atomic E-state index is -0.668. The van der Waals surface area contributed by atoms with Gasteiger partial charge in [-0.2, -0.15) is 5.10 Å². The molecule has 1 aliphatic rings. The van der Waals surface area contributed by atoms with Crippen LogP contribution in [-0.4, -0.2) is 30.9 Å². The van der Waals surface area contributed by atoms with Gasteiger partial charge in [0.2, 0.25) is 6.79 Å². The van der Waals surface area contributed by atoms with Crippen LogP contribution in [0.25, 0.3) is 0 Å². The second kappa shape index (κ2) is 7.28. The number of amides is 1. The summed E-state index contributed by atoms with van der Waals surface area (Å²) in [4.78, 5) is 22.5. The maximum Gasteiger partial charge on any atom is 0.275 e. The lowest BCUT2D eigenvalue weighted by Gasteiger charge is -2.06. The van der Waals surface area contributed by atoms with Crippen LogP contribution in [0.4, 0.5) is 5.69 Å². The first-order valence-electron chi connectivity index (χ1n) is 7.24. The number of hydrazone groups is 1. The molecule has 0 fully saturated rings. The Bertz CT molecular complexity index is 915. The monoisotopic (exact) mass is 377 g/mol. The Labute approximate surface area is 152 Å². The van der Waals surface area contributed by atoms with Crippen molar-refractivity contribution in [2.75, 3.05) is 13.9 Å². The van der Waals surface area contributed by atoms with E-state index in [0.717, 1.165) is 6.07 Å². The van der Waals surface area contributed by atoms with Gasteiger partial charge in [0.05, 0.1) is 28.8 Å². The summed E-state index contributed by atoms with van der Waals surface area (Å²) < 4.78 is 15.5. The fourth-order valence-electron chi connectivity index (χ4n) is 2.24. The molecule has 0 radical (unpaired) electrons. The number of halogens is 1. The summed E-state index contributed by atoms with van der Waals surface area (Å²) in [5, 5.41) is 15.1. The van der Waals surface area contributed by atoms with Gasteiger partial charge in [0, 0.05) is 23.8 Å². The summed E-state index contributed by atoms with van der Waals surface area (Å²) in [5.41, 5.74) is 2.53. The molecule has 0 aromatic heterocycles. The first kappa shape index (κ1) is 17.5. The molecule has 3 rings (SSSR count). The van der Waals surface area contributed by atoms with Crippen molar-refractivity contribution < 1.29 is 23.9 Å². The van der Waals surface area contributed by atoms with Crippen molar-refractivity contribution in [3.8, 4) is 17.2 Å². The van der Waals surface area contributed by atoms with Crippen LogP contribution in [0.2, 0.25) is 5.02 Å². The summed E-state index contributed by atoms with van der Waals surface area (Å²) in [6.07, 6.45) is 1.33. The lowest BCUT2D eigenvalue weighted by molar-refractivity contribution is -0.384. The molecule has 10 heteroatoms. The number of nitrogens with one attached hydrogen (secondary N) is 1. The average Bonchev–Trinajstić information content (AvgIpc) is 3.08. The van der Waals surface area contributed by atoms with Crippen LogP contribution >= 0.6 is 11.6 Å². The molecule has 0 atom stereocenters. The van der Waals surface area contributed by atoms with Gasteiger partial charge in [0.15, 0.2) is 11.5 Å². The molecular weight excluding hydrogens is 366 g/mol. The Morgan fingerprint density at radius 2 is 2.08 bits per heavy atom. The molecule has 2 aromatic carbocycles. The van der Waals surface area contributed by atoms with Crippen molar-refractivity contribution in [2.24, 2.45) is 5.10 Å². The summed E-state index contributed by atoms with van der Waals surface area (Å²) in [6, 6.07) is 6.89. The van der Waals surface area contributed by atoms with Crippen molar-refractivity contribution in [3.05, 3.63) is 56.6 Å². The molecule has 0 aliphatic carbocycles. The third kappa shape index (κ3) is 3.52. The Kier molecular flexibility index (Phi) is 4.90. The third-order valence-electron chi connectivity index (χ3n) is 3.50. The van der Waals surface area contributed by atoms with Crippen molar-refractivity contribution in [2.45, 2.75) is 0 Å². The molecule has 0 saturated carbocycles. The van der Waals surface area contributed by atoms with E-state index in [4.69, 9.17) is 25.8 Å². The van der Waals surface area contributed by atoms with Crippen LogP contribution in [0, 0.1) is 10.1 Å². The van der Waals surface area contributed by atoms with Crippen LogP contribution in [0.15, 0.2) is 35.4 Å². The molecule has 0 saturated heterocycles. The van der Waals surface area contributed by atoms with E-state index in [0.29, 0.717) is 22.1 Å². The number of carbonyl (C=O) groups excluding carboxylic acids is 1. The van der Waals surface area contributed by atoms with Crippen molar-refractivity contribution >= 4 is 29.4 Å². The van der Waals surface area contributed by atoms with Gasteiger partial charge in [-0.05, 0) is 12.1 Å². The zero-order chi connectivity index (χ0) is 18.7. The van der Waals surface area contributed by atoms with E-state index < -0.39 is 10.8 Å². The number of hydrogen-bond acceptors (Lipinski definition) is 7. The average molecular weight is 378 g/mol. The van der Waals surface area contributed by atoms with Crippen molar-refractivity contribution in [1.82, 2.24) is 5.43 Å². The molecule has 1 amide bonds. The molecule has 9 nitrogen and oxygen atoms in total. The predicted octanol–water partition coefficient (Wildman–Crippen LogP) is 2.75. The summed E-state index contributed by atoms with van der Waals surface area (Å²) in [6.45, 7) is 0.107. The number of nitro groups is 1. The summed E-state index contributed by atoms with van der Waals surface area (Å²) >= 11 is 6.11. The zero-order valence-electron chi connectivity index (χ0n) is 13.4. The normalized spacial score (nSPS) is 12.2. The van der Waals surface area contributed by atoms with Crippen LogP contribution in [-0.2, 0) is 0 Å². The minimum absolute atomic E-state index is 0.0179. The number of benzene rings is 2. The van der Waals surface area contributed by atoms with E-state index in [9.17, 15) is 14.9 Å². The zero-order valence-corrected chi connectivity index (χ0v) is 14.1. The molecule has 0 spiro atoms. The van der Waals surface area contributed by atoms with E-state index in [2.05, 4.69) is 10.5 Å². The molecule has 2 aromatic rings. The third-order valence-corrected chi connectivity index (χ3v) is 3.83. The first-order chi connectivity index (χ1) is 12.5. The van der Waals surface area contributed by atoms with E-state index in [1.807, 2.05) is 0 Å². The number of nitrogens with zero attached hydrogens (tertiary/aromatic N) is 2. The highest BCUT2D eigenvalue weighted by atomic mass is 35.5. The van der Waals surface area contributed by atoms with Gasteiger partial charge in [0.25, 0.3) is 11.6 Å². The van der Waals surface area contributed by atoms with Crippen LogP contribution in [0.5, 0.6) is 17.2 Å². The van der Waals surface area contributed by atoms with E-state index in [1.165, 1.54) is 25.5 Å². The topological polar surface area (TPSA) is 112 Å². The van der Waals surface area contributed by atoms with Gasteiger partial charge in [-0.1, -0.05) is 11.6 Å². The lowest BCUT2D eigenvalue weighted by Crippen LogP contribution is -2.18. The molecule has 26 heavy (non-hydrogen) atoms. The Balaban J connectivity index is 1.78. The second-order valence-corrected chi connectivity index (χ2v) is 5.48. The number of nitro benzene ring substituents is 1. The van der Waals surface area contributed by atoms with Crippen LogP contribution < -0.4 is 19.6 Å². The van der Waals surface area contributed by atoms with Gasteiger partial charge in [-0.3, -0.25) is 14.9 Å². The molecule has 0 bridgehead atoms. The Morgan fingerprint density at radius 1 is 1.35 bits per heavy atom. The Morgan fingerprint density at radius 3 is 2.77 bits per heavy atom.